The number of methoxy groups -OCH3 is 1. The van der Waals surface area contributed by atoms with E-state index in [0.717, 1.165) is 11.3 Å². The number of nitrogens with one attached hydrogen (secondary N) is 1. The molecule has 1 aromatic heterocycles. The number of aromatic nitrogens is 2. The molecule has 8 heteroatoms. The topological polar surface area (TPSA) is 93.4 Å². The van der Waals surface area contributed by atoms with Gasteiger partial charge in [-0.3, -0.25) is 10.1 Å². The zero-order valence-corrected chi connectivity index (χ0v) is 14.0. The number of anilines is 2. The molecule has 1 aromatic carbocycles. The van der Waals surface area contributed by atoms with Crippen LogP contribution in [0.15, 0.2) is 30.6 Å². The second-order valence-electron chi connectivity index (χ2n) is 5.03. The predicted molar refractivity (Wildman–Crippen MR) is 92.6 cm³/mol. The van der Waals surface area contributed by atoms with Crippen LogP contribution in [0.3, 0.4) is 0 Å². The molecule has 128 valence electrons. The summed E-state index contributed by atoms with van der Waals surface area (Å²) in [5.41, 5.74) is 0.864. The molecule has 0 atom stereocenters. The average molecular weight is 331 g/mol. The van der Waals surface area contributed by atoms with Crippen LogP contribution in [-0.4, -0.2) is 35.1 Å². The van der Waals surface area contributed by atoms with Gasteiger partial charge in [-0.1, -0.05) is 12.1 Å². The molecule has 2 rings (SSSR count). The van der Waals surface area contributed by atoms with Gasteiger partial charge in [-0.2, -0.15) is 0 Å². The highest BCUT2D eigenvalue weighted by Crippen LogP contribution is 2.31. The number of benzene rings is 1. The summed E-state index contributed by atoms with van der Waals surface area (Å²) in [6.45, 7) is 5.54. The minimum Gasteiger partial charge on any atom is -0.497 e. The number of rotatable bonds is 8. The summed E-state index contributed by atoms with van der Waals surface area (Å²) >= 11 is 0. The Labute approximate surface area is 140 Å². The van der Waals surface area contributed by atoms with Gasteiger partial charge in [0.15, 0.2) is 0 Å². The van der Waals surface area contributed by atoms with Crippen molar-refractivity contribution >= 4 is 17.3 Å². The van der Waals surface area contributed by atoms with Crippen molar-refractivity contribution in [3.63, 3.8) is 0 Å². The van der Waals surface area contributed by atoms with Gasteiger partial charge in [0.1, 0.15) is 12.1 Å². The fraction of sp³-hybridized carbons (Fsp3) is 0.375. The Morgan fingerprint density at radius 3 is 2.42 bits per heavy atom. The van der Waals surface area contributed by atoms with Crippen molar-refractivity contribution in [2.24, 2.45) is 0 Å². The molecule has 0 aliphatic carbocycles. The highest BCUT2D eigenvalue weighted by atomic mass is 16.6. The molecule has 24 heavy (non-hydrogen) atoms. The Hall–Kier alpha value is -2.90. The third-order valence-electron chi connectivity index (χ3n) is 3.67. The monoisotopic (exact) mass is 331 g/mol. The zero-order chi connectivity index (χ0) is 17.5. The van der Waals surface area contributed by atoms with Crippen molar-refractivity contribution in [2.45, 2.75) is 20.4 Å². The lowest BCUT2D eigenvalue weighted by Crippen LogP contribution is -2.24. The Kier molecular flexibility index (Phi) is 5.89. The smallest absolute Gasteiger partial charge is 0.353 e. The van der Waals surface area contributed by atoms with E-state index in [0.29, 0.717) is 25.5 Å². The molecule has 0 bridgehead atoms. The molecule has 0 saturated carbocycles. The van der Waals surface area contributed by atoms with Crippen LogP contribution in [0, 0.1) is 10.1 Å². The maximum atomic E-state index is 11.5. The summed E-state index contributed by atoms with van der Waals surface area (Å²) in [6, 6.07) is 7.47. The van der Waals surface area contributed by atoms with Crippen molar-refractivity contribution in [2.75, 3.05) is 30.4 Å². The second kappa shape index (κ2) is 8.09. The molecule has 0 fully saturated rings. The highest BCUT2D eigenvalue weighted by molar-refractivity contribution is 5.70. The van der Waals surface area contributed by atoms with Crippen molar-refractivity contribution in [3.05, 3.63) is 46.3 Å². The van der Waals surface area contributed by atoms with Gasteiger partial charge >= 0.3 is 5.69 Å². The number of ether oxygens (including phenoxy) is 1. The van der Waals surface area contributed by atoms with E-state index in [-0.39, 0.29) is 11.5 Å². The maximum absolute atomic E-state index is 11.5. The van der Waals surface area contributed by atoms with Gasteiger partial charge in [0.25, 0.3) is 0 Å². The fourth-order valence-electron chi connectivity index (χ4n) is 2.35. The Morgan fingerprint density at radius 1 is 1.21 bits per heavy atom. The van der Waals surface area contributed by atoms with E-state index in [1.807, 2.05) is 43.0 Å². The summed E-state index contributed by atoms with van der Waals surface area (Å²) in [5.74, 6) is 1.31. The minimum absolute atomic E-state index is 0.102. The first-order valence-electron chi connectivity index (χ1n) is 7.71. The van der Waals surface area contributed by atoms with Crippen molar-refractivity contribution < 1.29 is 9.66 Å². The van der Waals surface area contributed by atoms with E-state index in [1.54, 1.807) is 7.11 Å². The SMILES string of the molecule is CCN(CC)c1ncnc(NCc2ccc(OC)cc2)c1[N+](=O)[O-]. The van der Waals surface area contributed by atoms with Gasteiger partial charge in [0, 0.05) is 19.6 Å². The molecule has 1 heterocycles. The number of nitrogens with zero attached hydrogens (tertiary/aromatic N) is 4. The summed E-state index contributed by atoms with van der Waals surface area (Å²) in [7, 11) is 1.60. The second-order valence-corrected chi connectivity index (χ2v) is 5.03. The summed E-state index contributed by atoms with van der Waals surface area (Å²) < 4.78 is 5.11. The van der Waals surface area contributed by atoms with Gasteiger partial charge in [-0.15, -0.1) is 0 Å². The first kappa shape index (κ1) is 17.5. The van der Waals surface area contributed by atoms with Crippen LogP contribution in [0.2, 0.25) is 0 Å². The first-order valence-corrected chi connectivity index (χ1v) is 7.71. The number of nitro groups is 1. The quantitative estimate of drug-likeness (QED) is 0.587. The molecule has 0 aliphatic rings. The van der Waals surface area contributed by atoms with Gasteiger partial charge in [-0.05, 0) is 31.5 Å². The fourth-order valence-corrected chi connectivity index (χ4v) is 2.35. The summed E-state index contributed by atoms with van der Waals surface area (Å²) in [4.78, 5) is 21.0. The molecule has 1 N–H and O–H groups in total. The maximum Gasteiger partial charge on any atom is 0.353 e. The first-order chi connectivity index (χ1) is 11.6. The van der Waals surface area contributed by atoms with E-state index >= 15 is 0 Å². The average Bonchev–Trinajstić information content (AvgIpc) is 2.61. The van der Waals surface area contributed by atoms with E-state index < -0.39 is 4.92 Å². The molecule has 8 nitrogen and oxygen atoms in total. The number of hydrogen-bond acceptors (Lipinski definition) is 7. The third kappa shape index (κ3) is 3.89. The molecule has 2 aromatic rings. The minimum atomic E-state index is -0.440. The Morgan fingerprint density at radius 2 is 1.88 bits per heavy atom. The molecule has 0 saturated heterocycles. The van der Waals surface area contributed by atoms with Crippen LogP contribution < -0.4 is 15.0 Å². The largest absolute Gasteiger partial charge is 0.497 e. The highest BCUT2D eigenvalue weighted by Gasteiger charge is 2.25. The lowest BCUT2D eigenvalue weighted by Gasteiger charge is -2.20. The van der Waals surface area contributed by atoms with Crippen LogP contribution in [0.25, 0.3) is 0 Å². The summed E-state index contributed by atoms with van der Waals surface area (Å²) in [5, 5.41) is 14.5. The standard InChI is InChI=1S/C16H21N5O3/c1-4-20(5-2)16-14(21(22)23)15(18-11-19-16)17-10-12-6-8-13(24-3)9-7-12/h6-9,11H,4-5,10H2,1-3H3,(H,17,18,19). The normalized spacial score (nSPS) is 10.3. The molecule has 0 unspecified atom stereocenters. The lowest BCUT2D eigenvalue weighted by molar-refractivity contribution is -0.383. The van der Waals surface area contributed by atoms with E-state index in [4.69, 9.17) is 4.74 Å². The molecular weight excluding hydrogens is 310 g/mol. The van der Waals surface area contributed by atoms with Crippen molar-refractivity contribution in [3.8, 4) is 5.75 Å². The Balaban J connectivity index is 2.25. The predicted octanol–water partition coefficient (Wildman–Crippen LogP) is 2.85. The zero-order valence-electron chi connectivity index (χ0n) is 14.0. The van der Waals surface area contributed by atoms with E-state index in [2.05, 4.69) is 15.3 Å². The lowest BCUT2D eigenvalue weighted by atomic mass is 10.2. The van der Waals surface area contributed by atoms with Gasteiger partial charge in [0.2, 0.25) is 11.6 Å². The van der Waals surface area contributed by atoms with Crippen LogP contribution in [-0.2, 0) is 6.54 Å². The van der Waals surface area contributed by atoms with Crippen LogP contribution in [0.4, 0.5) is 17.3 Å². The summed E-state index contributed by atoms with van der Waals surface area (Å²) in [6.07, 6.45) is 1.34. The van der Waals surface area contributed by atoms with Crippen molar-refractivity contribution in [1.82, 2.24) is 9.97 Å². The van der Waals surface area contributed by atoms with Crippen molar-refractivity contribution in [1.29, 1.82) is 0 Å². The molecular formula is C16H21N5O3. The van der Waals surface area contributed by atoms with Crippen LogP contribution in [0.5, 0.6) is 5.75 Å². The number of hydrogen-bond donors (Lipinski definition) is 1. The molecule has 0 radical (unpaired) electrons. The molecule has 0 spiro atoms. The molecule has 0 amide bonds. The third-order valence-corrected chi connectivity index (χ3v) is 3.67. The van der Waals surface area contributed by atoms with E-state index in [1.165, 1.54) is 6.33 Å². The van der Waals surface area contributed by atoms with Gasteiger partial charge in [0.05, 0.1) is 12.0 Å². The van der Waals surface area contributed by atoms with Gasteiger partial charge in [-0.25, -0.2) is 9.97 Å². The van der Waals surface area contributed by atoms with E-state index in [9.17, 15) is 10.1 Å². The Bertz CT molecular complexity index is 687. The van der Waals surface area contributed by atoms with Gasteiger partial charge < -0.3 is 15.0 Å². The van der Waals surface area contributed by atoms with Crippen LogP contribution >= 0.6 is 0 Å². The molecule has 0 aliphatic heterocycles. The van der Waals surface area contributed by atoms with Crippen LogP contribution in [0.1, 0.15) is 19.4 Å².